The molecule has 1 heterocycles. The Morgan fingerprint density at radius 2 is 1.89 bits per heavy atom. The van der Waals surface area contributed by atoms with Crippen LogP contribution in [0.4, 0.5) is 0 Å². The first-order valence-electron chi connectivity index (χ1n) is 6.49. The summed E-state index contributed by atoms with van der Waals surface area (Å²) in [5.74, 6) is 0.657. The van der Waals surface area contributed by atoms with E-state index in [1.165, 1.54) is 0 Å². The van der Waals surface area contributed by atoms with E-state index in [4.69, 9.17) is 0 Å². The number of benzene rings is 1. The molecule has 1 unspecified atom stereocenters. The van der Waals surface area contributed by atoms with Gasteiger partial charge in [-0.2, -0.15) is 5.10 Å². The van der Waals surface area contributed by atoms with Crippen molar-refractivity contribution in [3.05, 3.63) is 48.3 Å². The lowest BCUT2D eigenvalue weighted by Crippen LogP contribution is -2.19. The minimum absolute atomic E-state index is 0.329. The maximum atomic E-state index is 4.66. The number of para-hydroxylation sites is 1. The predicted molar refractivity (Wildman–Crippen MR) is 74.8 cm³/mol. The summed E-state index contributed by atoms with van der Waals surface area (Å²) in [6.45, 7) is 4.47. The number of aromatic nitrogens is 2. The van der Waals surface area contributed by atoms with Gasteiger partial charge in [-0.05, 0) is 37.6 Å². The summed E-state index contributed by atoms with van der Waals surface area (Å²) in [5, 5.41) is 8.00. The molecule has 2 aromatic rings. The minimum Gasteiger partial charge on any atom is -0.312 e. The molecule has 0 aliphatic rings. The first-order chi connectivity index (χ1) is 8.70. The number of hydrogen-bond acceptors (Lipinski definition) is 2. The normalized spacial score (nSPS) is 12.9. The van der Waals surface area contributed by atoms with E-state index in [1.54, 1.807) is 0 Å². The molecular formula is C15H21N3. The maximum absolute atomic E-state index is 4.66. The average Bonchev–Trinajstić information content (AvgIpc) is 2.86. The third kappa shape index (κ3) is 2.99. The molecule has 0 amide bonds. The van der Waals surface area contributed by atoms with Crippen molar-refractivity contribution in [3.63, 3.8) is 0 Å². The van der Waals surface area contributed by atoms with Gasteiger partial charge in [0.1, 0.15) is 0 Å². The van der Waals surface area contributed by atoms with E-state index in [2.05, 4.69) is 42.5 Å². The number of nitrogens with one attached hydrogen (secondary N) is 1. The van der Waals surface area contributed by atoms with E-state index < -0.39 is 0 Å². The fourth-order valence-corrected chi connectivity index (χ4v) is 2.11. The number of rotatable bonds is 5. The summed E-state index contributed by atoms with van der Waals surface area (Å²) in [6.07, 6.45) is 3.12. The smallest absolute Gasteiger partial charge is 0.0798 e. The van der Waals surface area contributed by atoms with Crippen molar-refractivity contribution in [3.8, 4) is 5.69 Å². The van der Waals surface area contributed by atoms with E-state index in [0.717, 1.165) is 17.8 Å². The molecule has 0 radical (unpaired) electrons. The van der Waals surface area contributed by atoms with Crippen molar-refractivity contribution < 1.29 is 0 Å². The van der Waals surface area contributed by atoms with E-state index >= 15 is 0 Å². The van der Waals surface area contributed by atoms with Gasteiger partial charge in [-0.3, -0.25) is 0 Å². The van der Waals surface area contributed by atoms with Gasteiger partial charge in [-0.15, -0.1) is 0 Å². The Kier molecular flexibility index (Phi) is 4.15. The third-order valence-electron chi connectivity index (χ3n) is 3.04. The highest BCUT2D eigenvalue weighted by Crippen LogP contribution is 2.20. The van der Waals surface area contributed by atoms with Crippen LogP contribution in [0.15, 0.2) is 42.6 Å². The molecule has 2 rings (SSSR count). The Hall–Kier alpha value is -1.61. The lowest BCUT2D eigenvalue weighted by atomic mass is 10.0. The molecule has 0 saturated heterocycles. The largest absolute Gasteiger partial charge is 0.312 e. The molecular weight excluding hydrogens is 222 g/mol. The second-order valence-electron chi connectivity index (χ2n) is 4.99. The van der Waals surface area contributed by atoms with Crippen LogP contribution in [-0.2, 0) is 0 Å². The quantitative estimate of drug-likeness (QED) is 0.874. The maximum Gasteiger partial charge on any atom is 0.0798 e. The average molecular weight is 243 g/mol. The Balaban J connectivity index is 2.19. The van der Waals surface area contributed by atoms with E-state index in [1.807, 2.05) is 36.1 Å². The van der Waals surface area contributed by atoms with Crippen LogP contribution in [0, 0.1) is 5.92 Å². The van der Waals surface area contributed by atoms with Crippen molar-refractivity contribution >= 4 is 0 Å². The second kappa shape index (κ2) is 5.83. The van der Waals surface area contributed by atoms with Gasteiger partial charge in [0.25, 0.3) is 0 Å². The summed E-state index contributed by atoms with van der Waals surface area (Å²) in [7, 11) is 1.99. The SMILES string of the molecule is CNC(CC(C)C)c1ccn(-c2ccccc2)n1. The number of nitrogens with zero attached hydrogens (tertiary/aromatic N) is 2. The Bertz CT molecular complexity index is 473. The molecule has 3 heteroatoms. The van der Waals surface area contributed by atoms with Crippen molar-refractivity contribution in [1.29, 1.82) is 0 Å². The first kappa shape index (κ1) is 12.8. The van der Waals surface area contributed by atoms with Gasteiger partial charge in [-0.25, -0.2) is 4.68 Å². The number of hydrogen-bond donors (Lipinski definition) is 1. The zero-order chi connectivity index (χ0) is 13.0. The lowest BCUT2D eigenvalue weighted by molar-refractivity contribution is 0.446. The summed E-state index contributed by atoms with van der Waals surface area (Å²) >= 11 is 0. The molecule has 0 fully saturated rings. The molecule has 0 spiro atoms. The van der Waals surface area contributed by atoms with E-state index in [9.17, 15) is 0 Å². The monoisotopic (exact) mass is 243 g/mol. The molecule has 0 aliphatic heterocycles. The molecule has 1 aromatic carbocycles. The van der Waals surface area contributed by atoms with E-state index in [-0.39, 0.29) is 0 Å². The molecule has 3 nitrogen and oxygen atoms in total. The van der Waals surface area contributed by atoms with Gasteiger partial charge in [0.15, 0.2) is 0 Å². The van der Waals surface area contributed by atoms with Crippen LogP contribution in [0.25, 0.3) is 5.69 Å². The topological polar surface area (TPSA) is 29.9 Å². The van der Waals surface area contributed by atoms with Gasteiger partial charge >= 0.3 is 0 Å². The van der Waals surface area contributed by atoms with Crippen LogP contribution in [0.2, 0.25) is 0 Å². The summed E-state index contributed by atoms with van der Waals surface area (Å²) in [5.41, 5.74) is 2.21. The van der Waals surface area contributed by atoms with Crippen molar-refractivity contribution in [2.24, 2.45) is 5.92 Å². The Morgan fingerprint density at radius 1 is 1.17 bits per heavy atom. The Morgan fingerprint density at radius 3 is 2.50 bits per heavy atom. The Labute approximate surface area is 109 Å². The zero-order valence-electron chi connectivity index (χ0n) is 11.3. The van der Waals surface area contributed by atoms with E-state index in [0.29, 0.717) is 12.0 Å². The standard InChI is InChI=1S/C15H21N3/c1-12(2)11-15(16-3)14-9-10-18(17-14)13-7-5-4-6-8-13/h4-10,12,15-16H,11H2,1-3H3. The minimum atomic E-state index is 0.329. The van der Waals surface area contributed by atoms with Gasteiger partial charge in [0, 0.05) is 6.20 Å². The fraction of sp³-hybridized carbons (Fsp3) is 0.400. The second-order valence-corrected chi connectivity index (χ2v) is 4.99. The van der Waals surface area contributed by atoms with Gasteiger partial charge in [-0.1, -0.05) is 32.0 Å². The van der Waals surface area contributed by atoms with Crippen LogP contribution >= 0.6 is 0 Å². The summed E-state index contributed by atoms with van der Waals surface area (Å²) < 4.78 is 1.93. The predicted octanol–water partition coefficient (Wildman–Crippen LogP) is 3.18. The van der Waals surface area contributed by atoms with Crippen LogP contribution in [0.5, 0.6) is 0 Å². The highest BCUT2D eigenvalue weighted by molar-refractivity contribution is 5.30. The molecule has 1 atom stereocenters. The van der Waals surface area contributed by atoms with Crippen molar-refractivity contribution in [2.45, 2.75) is 26.3 Å². The van der Waals surface area contributed by atoms with Crippen LogP contribution in [0.3, 0.4) is 0 Å². The fourth-order valence-electron chi connectivity index (χ4n) is 2.11. The third-order valence-corrected chi connectivity index (χ3v) is 3.04. The van der Waals surface area contributed by atoms with Crippen molar-refractivity contribution in [1.82, 2.24) is 15.1 Å². The van der Waals surface area contributed by atoms with Crippen molar-refractivity contribution in [2.75, 3.05) is 7.05 Å². The van der Waals surface area contributed by atoms with Gasteiger partial charge < -0.3 is 5.32 Å². The molecule has 0 aliphatic carbocycles. The van der Waals surface area contributed by atoms with Crippen LogP contribution in [0.1, 0.15) is 32.0 Å². The molecule has 1 aromatic heterocycles. The summed E-state index contributed by atoms with van der Waals surface area (Å²) in [6, 6.07) is 12.6. The zero-order valence-corrected chi connectivity index (χ0v) is 11.3. The van der Waals surface area contributed by atoms with Crippen LogP contribution < -0.4 is 5.32 Å². The highest BCUT2D eigenvalue weighted by atomic mass is 15.3. The van der Waals surface area contributed by atoms with Gasteiger partial charge in [0.05, 0.1) is 17.4 Å². The molecule has 18 heavy (non-hydrogen) atoms. The van der Waals surface area contributed by atoms with Gasteiger partial charge in [0.2, 0.25) is 0 Å². The molecule has 1 N–H and O–H groups in total. The first-order valence-corrected chi connectivity index (χ1v) is 6.49. The molecule has 0 saturated carbocycles. The molecule has 96 valence electrons. The van der Waals surface area contributed by atoms with Crippen LogP contribution in [-0.4, -0.2) is 16.8 Å². The summed E-state index contributed by atoms with van der Waals surface area (Å²) in [4.78, 5) is 0. The molecule has 0 bridgehead atoms. The lowest BCUT2D eigenvalue weighted by Gasteiger charge is -2.15. The highest BCUT2D eigenvalue weighted by Gasteiger charge is 2.14.